The van der Waals surface area contributed by atoms with Crippen LogP contribution in [-0.2, 0) is 14.3 Å². The number of halogens is 1. The molecule has 1 fully saturated rings. The van der Waals surface area contributed by atoms with Crippen LogP contribution in [0.5, 0.6) is 5.75 Å². The minimum Gasteiger partial charge on any atom is -0.507 e. The molecule has 1 atom stereocenters. The molecule has 0 spiro atoms. The van der Waals surface area contributed by atoms with E-state index >= 15 is 0 Å². The number of aliphatic hydroxyl groups excluding tert-OH is 1. The Bertz CT molecular complexity index is 1130. The highest BCUT2D eigenvalue weighted by molar-refractivity contribution is 6.46. The van der Waals surface area contributed by atoms with Gasteiger partial charge in [0.25, 0.3) is 11.7 Å². The number of ketones is 1. The van der Waals surface area contributed by atoms with Crippen molar-refractivity contribution in [1.82, 2.24) is 9.80 Å². The number of esters is 1. The van der Waals surface area contributed by atoms with E-state index in [0.29, 0.717) is 30.0 Å². The summed E-state index contributed by atoms with van der Waals surface area (Å²) in [5.41, 5.74) is 1.14. The zero-order chi connectivity index (χ0) is 25.0. The Labute approximate surface area is 203 Å². The molecule has 0 aliphatic carbocycles. The Balaban J connectivity index is 2.12. The summed E-state index contributed by atoms with van der Waals surface area (Å²) >= 11 is 6.28. The van der Waals surface area contributed by atoms with Crippen LogP contribution in [-0.4, -0.2) is 73.5 Å². The van der Waals surface area contributed by atoms with Gasteiger partial charge >= 0.3 is 5.97 Å². The topological polar surface area (TPSA) is 96.4 Å². The predicted octanol–water partition coefficient (Wildman–Crippen LogP) is 3.51. The van der Waals surface area contributed by atoms with Gasteiger partial charge < -0.3 is 24.4 Å². The Kier molecular flexibility index (Phi) is 7.96. The van der Waals surface area contributed by atoms with E-state index in [2.05, 4.69) is 0 Å². The highest BCUT2D eigenvalue weighted by atomic mass is 35.5. The first-order valence-electron chi connectivity index (χ1n) is 10.7. The molecule has 3 rings (SSSR count). The fraction of sp³-hybridized carbons (Fsp3) is 0.320. The van der Waals surface area contributed by atoms with E-state index in [1.807, 2.05) is 25.9 Å². The number of hydrogen-bond donors (Lipinski definition) is 1. The van der Waals surface area contributed by atoms with Crippen LogP contribution in [0.4, 0.5) is 0 Å². The van der Waals surface area contributed by atoms with Crippen molar-refractivity contribution >= 4 is 35.0 Å². The number of amides is 1. The fourth-order valence-electron chi connectivity index (χ4n) is 3.76. The van der Waals surface area contributed by atoms with Crippen LogP contribution < -0.4 is 4.74 Å². The number of nitrogens with zero attached hydrogens (tertiary/aromatic N) is 2. The molecule has 2 aromatic rings. The molecule has 0 bridgehead atoms. The quantitative estimate of drug-likeness (QED) is 0.264. The second-order valence-corrected chi connectivity index (χ2v) is 8.39. The summed E-state index contributed by atoms with van der Waals surface area (Å²) in [6.07, 6.45) is 0. The van der Waals surface area contributed by atoms with Gasteiger partial charge in [0.1, 0.15) is 11.5 Å². The third kappa shape index (κ3) is 5.08. The number of ether oxygens (including phenoxy) is 2. The number of hydrogen-bond acceptors (Lipinski definition) is 7. The van der Waals surface area contributed by atoms with E-state index in [-0.39, 0.29) is 28.5 Å². The molecule has 1 heterocycles. The van der Waals surface area contributed by atoms with Gasteiger partial charge in [-0.2, -0.15) is 0 Å². The van der Waals surface area contributed by atoms with Crippen LogP contribution >= 0.6 is 11.6 Å². The Morgan fingerprint density at radius 3 is 2.32 bits per heavy atom. The van der Waals surface area contributed by atoms with Crippen molar-refractivity contribution in [2.45, 2.75) is 13.0 Å². The van der Waals surface area contributed by atoms with Gasteiger partial charge in [0.2, 0.25) is 0 Å². The molecule has 0 saturated carbocycles. The van der Waals surface area contributed by atoms with E-state index in [9.17, 15) is 19.5 Å². The smallest absolute Gasteiger partial charge is 0.337 e. The second-order valence-electron chi connectivity index (χ2n) is 7.99. The number of aliphatic hydroxyl groups is 1. The molecule has 1 aliphatic rings. The standard InChI is InChI=1S/C25H27ClN2O6/c1-5-34-19-11-10-17(14-18(19)26)22(29)20-21(15-6-8-16(9-7-15)25(32)33-4)28(13-12-27(2)3)24(31)23(20)30/h6-11,14,21,29H,5,12-13H2,1-4H3/b22-20-. The van der Waals surface area contributed by atoms with E-state index < -0.39 is 23.7 Å². The van der Waals surface area contributed by atoms with Crippen LogP contribution in [0.15, 0.2) is 48.0 Å². The highest BCUT2D eigenvalue weighted by Crippen LogP contribution is 2.40. The summed E-state index contributed by atoms with van der Waals surface area (Å²) < 4.78 is 10.2. The number of likely N-dealkylation sites (N-methyl/N-ethyl adjacent to an activating group) is 1. The maximum Gasteiger partial charge on any atom is 0.337 e. The van der Waals surface area contributed by atoms with Crippen molar-refractivity contribution in [1.29, 1.82) is 0 Å². The maximum atomic E-state index is 13.1. The summed E-state index contributed by atoms with van der Waals surface area (Å²) in [5.74, 6) is -1.89. The first-order chi connectivity index (χ1) is 16.2. The monoisotopic (exact) mass is 486 g/mol. The molecule has 9 heteroatoms. The molecule has 0 aromatic heterocycles. The average Bonchev–Trinajstić information content (AvgIpc) is 3.08. The van der Waals surface area contributed by atoms with Gasteiger partial charge in [0.05, 0.1) is 35.9 Å². The molecule has 1 unspecified atom stereocenters. The van der Waals surface area contributed by atoms with Crippen molar-refractivity contribution in [2.75, 3.05) is 40.9 Å². The molecule has 1 aliphatic heterocycles. The van der Waals surface area contributed by atoms with Gasteiger partial charge in [-0.3, -0.25) is 9.59 Å². The fourth-order valence-corrected chi connectivity index (χ4v) is 4.00. The van der Waals surface area contributed by atoms with Crippen LogP contribution in [0.3, 0.4) is 0 Å². The minimum absolute atomic E-state index is 0.0465. The van der Waals surface area contributed by atoms with Crippen molar-refractivity contribution in [3.8, 4) is 5.75 Å². The lowest BCUT2D eigenvalue weighted by molar-refractivity contribution is -0.140. The van der Waals surface area contributed by atoms with Gasteiger partial charge in [0.15, 0.2) is 0 Å². The molecule has 1 saturated heterocycles. The minimum atomic E-state index is -0.836. The normalized spacial score (nSPS) is 17.4. The van der Waals surface area contributed by atoms with Crippen LogP contribution in [0, 0.1) is 0 Å². The van der Waals surface area contributed by atoms with Crippen molar-refractivity contribution in [3.05, 3.63) is 69.8 Å². The second kappa shape index (κ2) is 10.7. The van der Waals surface area contributed by atoms with E-state index in [4.69, 9.17) is 21.1 Å². The Hall–Kier alpha value is -3.36. The zero-order valence-corrected chi connectivity index (χ0v) is 20.3. The molecule has 8 nitrogen and oxygen atoms in total. The Morgan fingerprint density at radius 1 is 1.12 bits per heavy atom. The van der Waals surface area contributed by atoms with Crippen LogP contribution in [0.2, 0.25) is 5.02 Å². The van der Waals surface area contributed by atoms with Gasteiger partial charge in [0, 0.05) is 18.7 Å². The first-order valence-corrected chi connectivity index (χ1v) is 11.1. The van der Waals surface area contributed by atoms with Crippen molar-refractivity contribution in [2.24, 2.45) is 0 Å². The summed E-state index contributed by atoms with van der Waals surface area (Å²) in [7, 11) is 5.01. The number of carbonyl (C=O) groups excluding carboxylic acids is 3. The predicted molar refractivity (Wildman–Crippen MR) is 128 cm³/mol. The van der Waals surface area contributed by atoms with Crippen LogP contribution in [0.25, 0.3) is 5.76 Å². The number of Topliss-reactive ketones (excluding diaryl/α,β-unsaturated/α-hetero) is 1. The molecule has 1 amide bonds. The Morgan fingerprint density at radius 2 is 1.76 bits per heavy atom. The van der Waals surface area contributed by atoms with E-state index in [1.54, 1.807) is 36.4 Å². The lowest BCUT2D eigenvalue weighted by Crippen LogP contribution is -2.35. The van der Waals surface area contributed by atoms with Crippen molar-refractivity contribution in [3.63, 3.8) is 0 Å². The summed E-state index contributed by atoms with van der Waals surface area (Å²) in [4.78, 5) is 41.2. The third-order valence-electron chi connectivity index (χ3n) is 5.48. The molecule has 2 aromatic carbocycles. The average molecular weight is 487 g/mol. The zero-order valence-electron chi connectivity index (χ0n) is 19.5. The molecular weight excluding hydrogens is 460 g/mol. The largest absolute Gasteiger partial charge is 0.507 e. The van der Waals surface area contributed by atoms with Gasteiger partial charge in [-0.25, -0.2) is 4.79 Å². The lowest BCUT2D eigenvalue weighted by Gasteiger charge is -2.26. The summed E-state index contributed by atoms with van der Waals surface area (Å²) in [6, 6.07) is 10.2. The SMILES string of the molecule is CCOc1ccc(/C(O)=C2/C(=O)C(=O)N(CCN(C)C)C2c2ccc(C(=O)OC)cc2)cc1Cl. The number of rotatable bonds is 8. The number of benzene rings is 2. The molecule has 0 radical (unpaired) electrons. The highest BCUT2D eigenvalue weighted by Gasteiger charge is 2.46. The van der Waals surface area contributed by atoms with Crippen LogP contribution in [0.1, 0.15) is 34.5 Å². The number of likely N-dealkylation sites (tertiary alicyclic amines) is 1. The van der Waals surface area contributed by atoms with Gasteiger partial charge in [-0.15, -0.1) is 0 Å². The first kappa shape index (κ1) is 25.3. The van der Waals surface area contributed by atoms with Gasteiger partial charge in [-0.05, 0) is 56.9 Å². The number of methoxy groups -OCH3 is 1. The lowest BCUT2D eigenvalue weighted by atomic mass is 9.94. The van der Waals surface area contributed by atoms with E-state index in [0.717, 1.165) is 0 Å². The van der Waals surface area contributed by atoms with Crippen molar-refractivity contribution < 1.29 is 29.0 Å². The molecule has 1 N–H and O–H groups in total. The van der Waals surface area contributed by atoms with E-state index in [1.165, 1.54) is 18.1 Å². The number of carbonyl (C=O) groups is 3. The summed E-state index contributed by atoms with van der Waals surface area (Å²) in [6.45, 7) is 3.02. The molecule has 180 valence electrons. The van der Waals surface area contributed by atoms with Gasteiger partial charge in [-0.1, -0.05) is 23.7 Å². The third-order valence-corrected chi connectivity index (χ3v) is 5.78. The maximum absolute atomic E-state index is 13.1. The molecular formula is C25H27ClN2O6. The summed E-state index contributed by atoms with van der Waals surface area (Å²) in [5, 5.41) is 11.4. The molecule has 34 heavy (non-hydrogen) atoms.